The third-order valence-electron chi connectivity index (χ3n) is 2.94. The maximum Gasteiger partial charge on any atom is 0.271 e. The summed E-state index contributed by atoms with van der Waals surface area (Å²) in [5.41, 5.74) is 3.58. The molecule has 6 heteroatoms. The van der Waals surface area contributed by atoms with Gasteiger partial charge in [-0.1, -0.05) is 0 Å². The van der Waals surface area contributed by atoms with Crippen molar-refractivity contribution in [2.24, 2.45) is 5.10 Å². The third-order valence-corrected chi connectivity index (χ3v) is 2.94. The summed E-state index contributed by atoms with van der Waals surface area (Å²) in [7, 11) is 3.02. The van der Waals surface area contributed by atoms with E-state index in [1.165, 1.54) is 19.4 Å². The van der Waals surface area contributed by atoms with Crippen LogP contribution < -0.4 is 14.9 Å². The van der Waals surface area contributed by atoms with E-state index in [1.807, 2.05) is 0 Å². The third kappa shape index (κ3) is 3.76. The highest BCUT2D eigenvalue weighted by Gasteiger charge is 2.04. The number of hydrogen-bond acceptors (Lipinski definition) is 5. The zero-order valence-corrected chi connectivity index (χ0v) is 12.2. The number of rotatable bonds is 5. The number of phenols is 1. The highest BCUT2D eigenvalue weighted by molar-refractivity contribution is 5.95. The summed E-state index contributed by atoms with van der Waals surface area (Å²) in [4.78, 5) is 11.9. The molecule has 0 fully saturated rings. The van der Waals surface area contributed by atoms with Gasteiger partial charge in [-0.15, -0.1) is 0 Å². The Balaban J connectivity index is 2.00. The minimum Gasteiger partial charge on any atom is -0.504 e. The van der Waals surface area contributed by atoms with E-state index < -0.39 is 0 Å². The van der Waals surface area contributed by atoms with Gasteiger partial charge < -0.3 is 14.6 Å². The fourth-order valence-electron chi connectivity index (χ4n) is 1.75. The second-order valence-corrected chi connectivity index (χ2v) is 4.36. The summed E-state index contributed by atoms with van der Waals surface area (Å²) in [6.07, 6.45) is 1.46. The van der Waals surface area contributed by atoms with Gasteiger partial charge in [-0.05, 0) is 48.0 Å². The van der Waals surface area contributed by atoms with Crippen molar-refractivity contribution in [1.29, 1.82) is 0 Å². The average Bonchev–Trinajstić information content (AvgIpc) is 2.56. The Morgan fingerprint density at radius 3 is 2.50 bits per heavy atom. The monoisotopic (exact) mass is 300 g/mol. The van der Waals surface area contributed by atoms with Crippen LogP contribution in [0, 0.1) is 0 Å². The molecule has 2 rings (SSSR count). The lowest BCUT2D eigenvalue weighted by molar-refractivity contribution is 0.0955. The molecule has 0 aliphatic heterocycles. The van der Waals surface area contributed by atoms with Crippen LogP contribution in [0.5, 0.6) is 17.2 Å². The highest BCUT2D eigenvalue weighted by Crippen LogP contribution is 2.25. The number of amides is 1. The predicted octanol–water partition coefficient (Wildman–Crippen LogP) is 2.17. The Morgan fingerprint density at radius 2 is 1.86 bits per heavy atom. The number of phenolic OH excluding ortho intramolecular Hbond substituents is 1. The van der Waals surface area contributed by atoms with E-state index >= 15 is 0 Å². The molecule has 0 saturated carbocycles. The topological polar surface area (TPSA) is 80.2 Å². The molecule has 1 amide bonds. The molecule has 0 aliphatic carbocycles. The quantitative estimate of drug-likeness (QED) is 0.655. The van der Waals surface area contributed by atoms with Crippen molar-refractivity contribution in [2.75, 3.05) is 14.2 Å². The highest BCUT2D eigenvalue weighted by atomic mass is 16.5. The van der Waals surface area contributed by atoms with Crippen molar-refractivity contribution in [2.45, 2.75) is 0 Å². The molecule has 2 aromatic carbocycles. The van der Waals surface area contributed by atoms with Crippen molar-refractivity contribution < 1.29 is 19.4 Å². The van der Waals surface area contributed by atoms with Crippen molar-refractivity contribution in [3.63, 3.8) is 0 Å². The predicted molar refractivity (Wildman–Crippen MR) is 82.7 cm³/mol. The van der Waals surface area contributed by atoms with Crippen LogP contribution in [-0.4, -0.2) is 31.4 Å². The molecule has 114 valence electrons. The number of nitrogens with one attached hydrogen (secondary N) is 1. The van der Waals surface area contributed by atoms with Crippen LogP contribution in [-0.2, 0) is 0 Å². The van der Waals surface area contributed by atoms with Crippen LogP contribution in [0.1, 0.15) is 15.9 Å². The molecule has 0 spiro atoms. The van der Waals surface area contributed by atoms with Crippen LogP contribution >= 0.6 is 0 Å². The second kappa shape index (κ2) is 7.12. The van der Waals surface area contributed by atoms with Gasteiger partial charge in [-0.2, -0.15) is 5.10 Å². The van der Waals surface area contributed by atoms with Gasteiger partial charge in [0, 0.05) is 5.56 Å². The first-order valence-electron chi connectivity index (χ1n) is 6.48. The normalized spacial score (nSPS) is 10.5. The van der Waals surface area contributed by atoms with E-state index in [1.54, 1.807) is 43.5 Å². The smallest absolute Gasteiger partial charge is 0.271 e. The molecule has 0 radical (unpaired) electrons. The summed E-state index contributed by atoms with van der Waals surface area (Å²) in [5.74, 6) is 0.730. The number of ether oxygens (including phenoxy) is 2. The van der Waals surface area contributed by atoms with E-state index in [9.17, 15) is 9.90 Å². The van der Waals surface area contributed by atoms with E-state index in [-0.39, 0.29) is 11.7 Å². The van der Waals surface area contributed by atoms with Gasteiger partial charge in [0.05, 0.1) is 20.4 Å². The van der Waals surface area contributed by atoms with E-state index in [0.717, 1.165) is 0 Å². The molecule has 22 heavy (non-hydrogen) atoms. The van der Waals surface area contributed by atoms with Gasteiger partial charge in [0.25, 0.3) is 5.91 Å². The number of carbonyl (C=O) groups excluding carboxylic acids is 1. The number of hydrogen-bond donors (Lipinski definition) is 2. The first-order chi connectivity index (χ1) is 10.6. The van der Waals surface area contributed by atoms with Crippen molar-refractivity contribution in [1.82, 2.24) is 5.43 Å². The summed E-state index contributed by atoms with van der Waals surface area (Å²) in [6, 6.07) is 11.4. The maximum absolute atomic E-state index is 11.9. The molecule has 0 saturated heterocycles. The van der Waals surface area contributed by atoms with Crippen molar-refractivity contribution >= 4 is 12.1 Å². The second-order valence-electron chi connectivity index (χ2n) is 4.36. The summed E-state index contributed by atoms with van der Waals surface area (Å²) >= 11 is 0. The molecular formula is C16H16N2O4. The maximum atomic E-state index is 11.9. The largest absolute Gasteiger partial charge is 0.504 e. The number of hydrazone groups is 1. The van der Waals surface area contributed by atoms with Gasteiger partial charge in [0.1, 0.15) is 5.75 Å². The van der Waals surface area contributed by atoms with Crippen LogP contribution in [0.25, 0.3) is 0 Å². The van der Waals surface area contributed by atoms with Crippen LogP contribution in [0.3, 0.4) is 0 Å². The number of nitrogens with zero attached hydrogens (tertiary/aromatic N) is 1. The number of methoxy groups -OCH3 is 2. The van der Waals surface area contributed by atoms with Gasteiger partial charge in [0.2, 0.25) is 0 Å². The first-order valence-corrected chi connectivity index (χ1v) is 6.48. The number of carbonyl (C=O) groups is 1. The molecule has 0 heterocycles. The molecule has 0 aliphatic rings. The standard InChI is InChI=1S/C16H16N2O4/c1-21-13-6-4-12(5-7-13)16(20)18-17-10-11-3-8-14(19)15(9-11)22-2/h3-10,19H,1-2H3,(H,18,20)/b17-10+. The molecular weight excluding hydrogens is 284 g/mol. The zero-order chi connectivity index (χ0) is 15.9. The molecule has 0 atom stereocenters. The van der Waals surface area contributed by atoms with Gasteiger partial charge in [-0.3, -0.25) is 4.79 Å². The molecule has 0 aromatic heterocycles. The molecule has 2 aromatic rings. The lowest BCUT2D eigenvalue weighted by Crippen LogP contribution is -2.17. The lowest BCUT2D eigenvalue weighted by atomic mass is 10.2. The van der Waals surface area contributed by atoms with Crippen molar-refractivity contribution in [3.8, 4) is 17.2 Å². The summed E-state index contributed by atoms with van der Waals surface area (Å²) in [6.45, 7) is 0. The van der Waals surface area contributed by atoms with Gasteiger partial charge >= 0.3 is 0 Å². The van der Waals surface area contributed by atoms with Crippen molar-refractivity contribution in [3.05, 3.63) is 53.6 Å². The number of benzene rings is 2. The van der Waals surface area contributed by atoms with Gasteiger partial charge in [0.15, 0.2) is 11.5 Å². The fourth-order valence-corrected chi connectivity index (χ4v) is 1.75. The SMILES string of the molecule is COc1ccc(C(=O)N/N=C/c2ccc(O)c(OC)c2)cc1. The first kappa shape index (κ1) is 15.4. The average molecular weight is 300 g/mol. The Bertz CT molecular complexity index is 681. The fraction of sp³-hybridized carbons (Fsp3) is 0.125. The Morgan fingerprint density at radius 1 is 1.14 bits per heavy atom. The van der Waals surface area contributed by atoms with Crippen LogP contribution in [0.2, 0.25) is 0 Å². The summed E-state index contributed by atoms with van der Waals surface area (Å²) in [5, 5.41) is 13.4. The number of aromatic hydroxyl groups is 1. The Hall–Kier alpha value is -3.02. The van der Waals surface area contributed by atoms with E-state index in [2.05, 4.69) is 10.5 Å². The molecule has 6 nitrogen and oxygen atoms in total. The zero-order valence-electron chi connectivity index (χ0n) is 12.2. The van der Waals surface area contributed by atoms with Crippen LogP contribution in [0.4, 0.5) is 0 Å². The van der Waals surface area contributed by atoms with Gasteiger partial charge in [-0.25, -0.2) is 5.43 Å². The van der Waals surface area contributed by atoms with E-state index in [0.29, 0.717) is 22.6 Å². The van der Waals surface area contributed by atoms with Crippen LogP contribution in [0.15, 0.2) is 47.6 Å². The minimum absolute atomic E-state index is 0.0434. The molecule has 0 bridgehead atoms. The Kier molecular flexibility index (Phi) is 4.98. The lowest BCUT2D eigenvalue weighted by Gasteiger charge is -2.04. The summed E-state index contributed by atoms with van der Waals surface area (Å²) < 4.78 is 10.0. The Labute approximate surface area is 128 Å². The molecule has 0 unspecified atom stereocenters. The minimum atomic E-state index is -0.329. The van der Waals surface area contributed by atoms with E-state index in [4.69, 9.17) is 9.47 Å². The molecule has 2 N–H and O–H groups in total.